The topological polar surface area (TPSA) is 37.4 Å². The van der Waals surface area contributed by atoms with Crippen molar-refractivity contribution in [2.75, 3.05) is 38.7 Å². The van der Waals surface area contributed by atoms with Gasteiger partial charge in [0, 0.05) is 44.6 Å². The van der Waals surface area contributed by atoms with Crippen LogP contribution in [0.5, 0.6) is 0 Å². The van der Waals surface area contributed by atoms with Gasteiger partial charge in [-0.3, -0.25) is 0 Å². The van der Waals surface area contributed by atoms with Gasteiger partial charge in [-0.05, 0) is 38.3 Å². The summed E-state index contributed by atoms with van der Waals surface area (Å²) in [6.45, 7) is 7.10. The molecule has 1 aliphatic rings. The number of hydrogen-bond acceptors (Lipinski definition) is 4. The molecule has 2 heterocycles. The smallest absolute Gasteiger partial charge is 0.130 e. The average molecular weight is 277 g/mol. The molecule has 0 spiro atoms. The maximum Gasteiger partial charge on any atom is 0.130 e. The van der Waals surface area contributed by atoms with Crippen molar-refractivity contribution in [2.45, 2.75) is 32.7 Å². The van der Waals surface area contributed by atoms with Gasteiger partial charge in [0.25, 0.3) is 0 Å². The summed E-state index contributed by atoms with van der Waals surface area (Å²) in [6.07, 6.45) is 5.37. The molecular formula is C16H27N3O. The molecule has 0 atom stereocenters. The van der Waals surface area contributed by atoms with Crippen molar-refractivity contribution in [3.8, 4) is 0 Å². The largest absolute Gasteiger partial charge is 0.381 e. The zero-order valence-electron chi connectivity index (χ0n) is 12.8. The van der Waals surface area contributed by atoms with E-state index < -0.39 is 0 Å². The molecule has 2 rings (SSSR count). The first-order chi connectivity index (χ1) is 9.79. The van der Waals surface area contributed by atoms with Crippen LogP contribution in [-0.4, -0.2) is 43.2 Å². The second kappa shape index (κ2) is 8.22. The molecule has 0 saturated carbocycles. The molecule has 20 heavy (non-hydrogen) atoms. The van der Waals surface area contributed by atoms with Crippen LogP contribution in [0.4, 0.5) is 5.82 Å². The second-order valence-electron chi connectivity index (χ2n) is 5.69. The lowest BCUT2D eigenvalue weighted by molar-refractivity contribution is 0.0550. The van der Waals surface area contributed by atoms with E-state index in [1.807, 2.05) is 12.3 Å². The average Bonchev–Trinajstić information content (AvgIpc) is 2.47. The fraction of sp³-hybridized carbons (Fsp3) is 0.688. The minimum Gasteiger partial charge on any atom is -0.381 e. The number of hydrogen-bond donors (Lipinski definition) is 1. The Morgan fingerprint density at radius 2 is 2.20 bits per heavy atom. The van der Waals surface area contributed by atoms with Crippen LogP contribution in [0.2, 0.25) is 0 Å². The zero-order valence-corrected chi connectivity index (χ0v) is 12.8. The van der Waals surface area contributed by atoms with E-state index in [9.17, 15) is 0 Å². The lowest BCUT2D eigenvalue weighted by Gasteiger charge is -2.27. The van der Waals surface area contributed by atoms with Gasteiger partial charge < -0.3 is 15.0 Å². The highest BCUT2D eigenvalue weighted by Crippen LogP contribution is 2.18. The number of rotatable bonds is 7. The van der Waals surface area contributed by atoms with Gasteiger partial charge in [-0.25, -0.2) is 4.98 Å². The highest BCUT2D eigenvalue weighted by Gasteiger charge is 2.16. The molecule has 4 nitrogen and oxygen atoms in total. The maximum absolute atomic E-state index is 5.42. The molecule has 0 unspecified atom stereocenters. The number of ether oxygens (including phenoxy) is 1. The van der Waals surface area contributed by atoms with Crippen LogP contribution in [0.3, 0.4) is 0 Å². The first kappa shape index (κ1) is 15.3. The maximum atomic E-state index is 5.42. The van der Waals surface area contributed by atoms with Crippen LogP contribution >= 0.6 is 0 Å². The summed E-state index contributed by atoms with van der Waals surface area (Å²) >= 11 is 0. The van der Waals surface area contributed by atoms with Gasteiger partial charge in [-0.1, -0.05) is 13.0 Å². The normalized spacial score (nSPS) is 16.6. The van der Waals surface area contributed by atoms with Crippen LogP contribution in [0, 0.1) is 5.92 Å². The van der Waals surface area contributed by atoms with Crippen molar-refractivity contribution in [3.63, 3.8) is 0 Å². The summed E-state index contributed by atoms with van der Waals surface area (Å²) in [6, 6.07) is 4.19. The Hall–Kier alpha value is -1.13. The molecule has 1 N–H and O–H groups in total. The Balaban J connectivity index is 1.87. The molecule has 1 saturated heterocycles. The number of nitrogens with one attached hydrogen (secondary N) is 1. The molecule has 0 aliphatic carbocycles. The van der Waals surface area contributed by atoms with E-state index in [1.54, 1.807) is 0 Å². The Kier molecular flexibility index (Phi) is 6.27. The van der Waals surface area contributed by atoms with Crippen LogP contribution in [-0.2, 0) is 11.3 Å². The predicted molar refractivity (Wildman–Crippen MR) is 82.9 cm³/mol. The van der Waals surface area contributed by atoms with Crippen LogP contribution < -0.4 is 5.32 Å². The van der Waals surface area contributed by atoms with E-state index in [0.717, 1.165) is 51.0 Å². The van der Waals surface area contributed by atoms with Gasteiger partial charge in [0.2, 0.25) is 0 Å². The summed E-state index contributed by atoms with van der Waals surface area (Å²) in [5.74, 6) is 1.81. The number of nitrogens with zero attached hydrogens (tertiary/aromatic N) is 2. The zero-order chi connectivity index (χ0) is 14.2. The third-order valence-electron chi connectivity index (χ3n) is 3.78. The molecule has 1 aromatic heterocycles. The van der Waals surface area contributed by atoms with E-state index in [2.05, 4.69) is 35.2 Å². The molecule has 112 valence electrons. The third-order valence-corrected chi connectivity index (χ3v) is 3.78. The van der Waals surface area contributed by atoms with E-state index >= 15 is 0 Å². The molecule has 1 aliphatic heterocycles. The minimum absolute atomic E-state index is 0.775. The summed E-state index contributed by atoms with van der Waals surface area (Å²) in [5.41, 5.74) is 1.29. The highest BCUT2D eigenvalue weighted by molar-refractivity contribution is 5.43. The third kappa shape index (κ3) is 4.76. The fourth-order valence-electron chi connectivity index (χ4n) is 2.69. The van der Waals surface area contributed by atoms with Crippen LogP contribution in [0.15, 0.2) is 18.3 Å². The molecule has 0 radical (unpaired) electrons. The lowest BCUT2D eigenvalue weighted by atomic mass is 10.00. The summed E-state index contributed by atoms with van der Waals surface area (Å²) in [5, 5.41) is 3.41. The lowest BCUT2D eigenvalue weighted by Crippen LogP contribution is -2.29. The molecule has 0 aromatic carbocycles. The van der Waals surface area contributed by atoms with Gasteiger partial charge in [-0.2, -0.15) is 0 Å². The number of pyridine rings is 1. The van der Waals surface area contributed by atoms with Gasteiger partial charge in [0.1, 0.15) is 5.82 Å². The fourth-order valence-corrected chi connectivity index (χ4v) is 2.69. The van der Waals surface area contributed by atoms with E-state index in [4.69, 9.17) is 4.74 Å². The Morgan fingerprint density at radius 3 is 2.95 bits per heavy atom. The quantitative estimate of drug-likeness (QED) is 0.831. The standard InChI is InChI=1S/C16H27N3O/c1-3-8-17-16-15(5-4-9-18-16)13-19(2)12-14-6-10-20-11-7-14/h4-5,9,14H,3,6-8,10-13H2,1-2H3,(H,17,18). The first-order valence-electron chi connectivity index (χ1n) is 7.73. The molecule has 4 heteroatoms. The van der Waals surface area contributed by atoms with Crippen LogP contribution in [0.1, 0.15) is 31.7 Å². The van der Waals surface area contributed by atoms with Crippen molar-refractivity contribution in [2.24, 2.45) is 5.92 Å². The van der Waals surface area contributed by atoms with E-state index in [0.29, 0.717) is 0 Å². The number of aromatic nitrogens is 1. The van der Waals surface area contributed by atoms with Gasteiger partial charge in [0.05, 0.1) is 0 Å². The van der Waals surface area contributed by atoms with Crippen LogP contribution in [0.25, 0.3) is 0 Å². The summed E-state index contributed by atoms with van der Waals surface area (Å²) < 4.78 is 5.42. The summed E-state index contributed by atoms with van der Waals surface area (Å²) in [7, 11) is 2.20. The Morgan fingerprint density at radius 1 is 1.40 bits per heavy atom. The monoisotopic (exact) mass is 277 g/mol. The first-order valence-corrected chi connectivity index (χ1v) is 7.73. The SMILES string of the molecule is CCCNc1ncccc1CN(C)CC1CCOCC1. The van der Waals surface area contributed by atoms with E-state index in [-0.39, 0.29) is 0 Å². The van der Waals surface area contributed by atoms with Crippen molar-refractivity contribution in [1.82, 2.24) is 9.88 Å². The Labute approximate surface area is 122 Å². The van der Waals surface area contributed by atoms with Gasteiger partial charge in [-0.15, -0.1) is 0 Å². The van der Waals surface area contributed by atoms with Gasteiger partial charge in [0.15, 0.2) is 0 Å². The molecule has 0 amide bonds. The Bertz CT molecular complexity index is 391. The molecular weight excluding hydrogens is 250 g/mol. The van der Waals surface area contributed by atoms with Crippen molar-refractivity contribution in [1.29, 1.82) is 0 Å². The molecule has 1 aromatic rings. The van der Waals surface area contributed by atoms with Crippen molar-refractivity contribution in [3.05, 3.63) is 23.9 Å². The number of anilines is 1. The van der Waals surface area contributed by atoms with Crippen molar-refractivity contribution < 1.29 is 4.74 Å². The predicted octanol–water partition coefficient (Wildman–Crippen LogP) is 2.76. The second-order valence-corrected chi connectivity index (χ2v) is 5.69. The molecule has 0 bridgehead atoms. The minimum atomic E-state index is 0.775. The highest BCUT2D eigenvalue weighted by atomic mass is 16.5. The van der Waals surface area contributed by atoms with E-state index in [1.165, 1.54) is 18.4 Å². The molecule has 1 fully saturated rings. The van der Waals surface area contributed by atoms with Crippen molar-refractivity contribution >= 4 is 5.82 Å². The van der Waals surface area contributed by atoms with Gasteiger partial charge >= 0.3 is 0 Å². The summed E-state index contributed by atoms with van der Waals surface area (Å²) in [4.78, 5) is 6.87.